The van der Waals surface area contributed by atoms with Crippen molar-refractivity contribution in [3.05, 3.63) is 65.4 Å². The van der Waals surface area contributed by atoms with Gasteiger partial charge in [-0.3, -0.25) is 0 Å². The molecule has 1 heterocycles. The maximum Gasteiger partial charge on any atom is 0.145 e. The molecule has 0 unspecified atom stereocenters. The van der Waals surface area contributed by atoms with Crippen LogP contribution in [0, 0.1) is 6.92 Å². The van der Waals surface area contributed by atoms with Crippen molar-refractivity contribution < 1.29 is 9.47 Å². The number of hydrogen-bond acceptors (Lipinski definition) is 4. The van der Waals surface area contributed by atoms with E-state index in [1.54, 1.807) is 14.2 Å². The number of pyridine rings is 1. The Morgan fingerprint density at radius 3 is 2.62 bits per heavy atom. The molecule has 0 amide bonds. The summed E-state index contributed by atoms with van der Waals surface area (Å²) in [5.74, 6) is 0.768. The van der Waals surface area contributed by atoms with Gasteiger partial charge in [-0.05, 0) is 30.2 Å². The third-order valence-electron chi connectivity index (χ3n) is 4.10. The van der Waals surface area contributed by atoms with E-state index >= 15 is 0 Å². The van der Waals surface area contributed by atoms with E-state index in [9.17, 15) is 0 Å². The van der Waals surface area contributed by atoms with Gasteiger partial charge < -0.3 is 14.8 Å². The average molecular weight is 322 g/mol. The molecule has 0 aliphatic carbocycles. The lowest BCUT2D eigenvalue weighted by Gasteiger charge is -2.14. The Balaban J connectivity index is 2.00. The van der Waals surface area contributed by atoms with Gasteiger partial charge in [-0.1, -0.05) is 36.4 Å². The van der Waals surface area contributed by atoms with E-state index in [4.69, 9.17) is 9.47 Å². The summed E-state index contributed by atoms with van der Waals surface area (Å²) in [4.78, 5) is 4.68. The van der Waals surface area contributed by atoms with Crippen LogP contribution in [0.25, 0.3) is 10.9 Å². The number of para-hydroxylation sites is 1. The first-order valence-electron chi connectivity index (χ1n) is 7.97. The summed E-state index contributed by atoms with van der Waals surface area (Å²) >= 11 is 0. The van der Waals surface area contributed by atoms with Crippen LogP contribution in [0.3, 0.4) is 0 Å². The standard InChI is InChI=1S/C20H22N2O2/c1-14-7-4-5-8-15(14)12-21-18-11-16(13-23-2)22-20-17(18)9-6-10-19(20)24-3/h4-11H,12-13H2,1-3H3,(H,21,22). The van der Waals surface area contributed by atoms with Gasteiger partial charge in [0.1, 0.15) is 11.3 Å². The van der Waals surface area contributed by atoms with Crippen LogP contribution in [0.15, 0.2) is 48.5 Å². The molecule has 0 saturated carbocycles. The number of ether oxygens (including phenoxy) is 2. The fraction of sp³-hybridized carbons (Fsp3) is 0.250. The Morgan fingerprint density at radius 1 is 1.04 bits per heavy atom. The highest BCUT2D eigenvalue weighted by Crippen LogP contribution is 2.30. The van der Waals surface area contributed by atoms with Gasteiger partial charge in [0.15, 0.2) is 0 Å². The minimum Gasteiger partial charge on any atom is -0.494 e. The molecule has 0 aliphatic heterocycles. The Morgan fingerprint density at radius 2 is 1.88 bits per heavy atom. The monoisotopic (exact) mass is 322 g/mol. The molecule has 24 heavy (non-hydrogen) atoms. The molecule has 3 aromatic rings. The number of aryl methyl sites for hydroxylation is 1. The Labute approximate surface area is 142 Å². The van der Waals surface area contributed by atoms with E-state index in [1.807, 2.05) is 18.2 Å². The number of benzene rings is 2. The first kappa shape index (κ1) is 16.3. The van der Waals surface area contributed by atoms with Crippen LogP contribution in [0.5, 0.6) is 5.75 Å². The average Bonchev–Trinajstić information content (AvgIpc) is 2.60. The van der Waals surface area contributed by atoms with E-state index in [0.29, 0.717) is 6.61 Å². The topological polar surface area (TPSA) is 43.4 Å². The summed E-state index contributed by atoms with van der Waals surface area (Å²) in [6, 6.07) is 16.4. The minimum atomic E-state index is 0.465. The zero-order valence-corrected chi connectivity index (χ0v) is 14.3. The molecular formula is C20H22N2O2. The van der Waals surface area contributed by atoms with E-state index in [-0.39, 0.29) is 0 Å². The van der Waals surface area contributed by atoms with Crippen LogP contribution in [0.4, 0.5) is 5.69 Å². The van der Waals surface area contributed by atoms with Crippen molar-refractivity contribution in [2.24, 2.45) is 0 Å². The molecule has 124 valence electrons. The van der Waals surface area contributed by atoms with Crippen LogP contribution in [-0.2, 0) is 17.9 Å². The van der Waals surface area contributed by atoms with Crippen molar-refractivity contribution in [2.75, 3.05) is 19.5 Å². The molecule has 0 bridgehead atoms. The maximum absolute atomic E-state index is 5.47. The molecule has 0 aliphatic rings. The largest absolute Gasteiger partial charge is 0.494 e. The molecule has 2 aromatic carbocycles. The van der Waals surface area contributed by atoms with Gasteiger partial charge in [-0.25, -0.2) is 4.98 Å². The lowest BCUT2D eigenvalue weighted by molar-refractivity contribution is 0.182. The number of rotatable bonds is 6. The first-order valence-corrected chi connectivity index (χ1v) is 7.97. The molecule has 0 atom stereocenters. The molecule has 4 nitrogen and oxygen atoms in total. The lowest BCUT2D eigenvalue weighted by Crippen LogP contribution is -2.04. The van der Waals surface area contributed by atoms with Crippen molar-refractivity contribution in [3.8, 4) is 5.75 Å². The normalized spacial score (nSPS) is 10.8. The highest BCUT2D eigenvalue weighted by atomic mass is 16.5. The number of hydrogen-bond donors (Lipinski definition) is 1. The summed E-state index contributed by atoms with van der Waals surface area (Å²) in [6.07, 6.45) is 0. The molecule has 1 N–H and O–H groups in total. The number of anilines is 1. The number of nitrogens with one attached hydrogen (secondary N) is 1. The van der Waals surface area contributed by atoms with Gasteiger partial charge in [0.2, 0.25) is 0 Å². The number of methoxy groups -OCH3 is 2. The highest BCUT2D eigenvalue weighted by Gasteiger charge is 2.10. The van der Waals surface area contributed by atoms with E-state index < -0.39 is 0 Å². The fourth-order valence-electron chi connectivity index (χ4n) is 2.81. The molecule has 1 aromatic heterocycles. The second-order valence-corrected chi connectivity index (χ2v) is 5.73. The molecule has 4 heteroatoms. The van der Waals surface area contributed by atoms with Gasteiger partial charge in [0.05, 0.1) is 19.4 Å². The van der Waals surface area contributed by atoms with Gasteiger partial charge in [0, 0.05) is 24.7 Å². The van der Waals surface area contributed by atoms with E-state index in [0.717, 1.165) is 34.6 Å². The van der Waals surface area contributed by atoms with Crippen LogP contribution in [0.2, 0.25) is 0 Å². The van der Waals surface area contributed by atoms with Crippen LogP contribution < -0.4 is 10.1 Å². The molecule has 0 spiro atoms. The molecule has 3 rings (SSSR count). The molecule has 0 saturated heterocycles. The number of nitrogens with zero attached hydrogens (tertiary/aromatic N) is 1. The third kappa shape index (κ3) is 3.34. The predicted molar refractivity (Wildman–Crippen MR) is 97.5 cm³/mol. The molecule has 0 fully saturated rings. The Bertz CT molecular complexity index is 846. The van der Waals surface area contributed by atoms with Crippen LogP contribution >= 0.6 is 0 Å². The minimum absolute atomic E-state index is 0.465. The summed E-state index contributed by atoms with van der Waals surface area (Å²) in [5, 5.41) is 4.59. The van der Waals surface area contributed by atoms with Gasteiger partial charge in [-0.15, -0.1) is 0 Å². The number of fused-ring (bicyclic) bond motifs is 1. The van der Waals surface area contributed by atoms with Gasteiger partial charge in [-0.2, -0.15) is 0 Å². The fourth-order valence-corrected chi connectivity index (χ4v) is 2.81. The second-order valence-electron chi connectivity index (χ2n) is 5.73. The zero-order valence-electron chi connectivity index (χ0n) is 14.3. The summed E-state index contributed by atoms with van der Waals surface area (Å²) in [5.41, 5.74) is 5.31. The van der Waals surface area contributed by atoms with Crippen LogP contribution in [0.1, 0.15) is 16.8 Å². The van der Waals surface area contributed by atoms with Gasteiger partial charge >= 0.3 is 0 Å². The number of aromatic nitrogens is 1. The summed E-state index contributed by atoms with van der Waals surface area (Å²) in [6.45, 7) is 3.35. The van der Waals surface area contributed by atoms with Crippen molar-refractivity contribution >= 4 is 16.6 Å². The summed E-state index contributed by atoms with van der Waals surface area (Å²) < 4.78 is 10.7. The van der Waals surface area contributed by atoms with Crippen molar-refractivity contribution in [1.82, 2.24) is 4.98 Å². The Hall–Kier alpha value is -2.59. The highest BCUT2D eigenvalue weighted by molar-refractivity contribution is 5.95. The lowest BCUT2D eigenvalue weighted by atomic mass is 10.1. The van der Waals surface area contributed by atoms with E-state index in [1.165, 1.54) is 11.1 Å². The SMILES string of the molecule is COCc1cc(NCc2ccccc2C)c2cccc(OC)c2n1. The van der Waals surface area contributed by atoms with Gasteiger partial charge in [0.25, 0.3) is 0 Å². The summed E-state index contributed by atoms with van der Waals surface area (Å²) in [7, 11) is 3.34. The molecule has 0 radical (unpaired) electrons. The first-order chi connectivity index (χ1) is 11.7. The van der Waals surface area contributed by atoms with Crippen molar-refractivity contribution in [1.29, 1.82) is 0 Å². The quantitative estimate of drug-likeness (QED) is 0.734. The Kier molecular flexibility index (Phi) is 4.96. The second kappa shape index (κ2) is 7.32. The maximum atomic E-state index is 5.47. The van der Waals surface area contributed by atoms with Crippen LogP contribution in [-0.4, -0.2) is 19.2 Å². The van der Waals surface area contributed by atoms with E-state index in [2.05, 4.69) is 47.6 Å². The third-order valence-corrected chi connectivity index (χ3v) is 4.10. The zero-order chi connectivity index (χ0) is 16.9. The van der Waals surface area contributed by atoms with Crippen molar-refractivity contribution in [2.45, 2.75) is 20.1 Å². The predicted octanol–water partition coefficient (Wildman–Crippen LogP) is 4.31. The molecular weight excluding hydrogens is 300 g/mol. The van der Waals surface area contributed by atoms with Crippen molar-refractivity contribution in [3.63, 3.8) is 0 Å². The smallest absolute Gasteiger partial charge is 0.145 e.